The average molecular weight is 486 g/mol. The second-order valence-electron chi connectivity index (χ2n) is 10.1. The third-order valence-electron chi connectivity index (χ3n) is 6.95. The topological polar surface area (TPSA) is 86.5 Å². The first-order valence-electron chi connectivity index (χ1n) is 12.7. The molecule has 0 unspecified atom stereocenters. The molecule has 190 valence electrons. The van der Waals surface area contributed by atoms with Gasteiger partial charge in [0.15, 0.2) is 5.82 Å². The van der Waals surface area contributed by atoms with E-state index in [-0.39, 0.29) is 23.9 Å². The van der Waals surface area contributed by atoms with Crippen molar-refractivity contribution in [2.45, 2.75) is 77.5 Å². The van der Waals surface area contributed by atoms with Crippen LogP contribution in [-0.4, -0.2) is 51.5 Å². The van der Waals surface area contributed by atoms with E-state index in [0.29, 0.717) is 36.6 Å². The van der Waals surface area contributed by atoms with E-state index in [1.807, 2.05) is 26.0 Å². The van der Waals surface area contributed by atoms with Crippen molar-refractivity contribution in [3.63, 3.8) is 0 Å². The SMILES string of the molecule is C/C(=C\c1cc(F)c2nn(C3CCOCC3)nc2c1)[C@H]1OC(=O)C[C@H](O)CC[C@@H](C)C/C=C/[C@@H]1C. The van der Waals surface area contributed by atoms with Gasteiger partial charge in [0.2, 0.25) is 0 Å². The first-order chi connectivity index (χ1) is 16.8. The van der Waals surface area contributed by atoms with E-state index < -0.39 is 24.0 Å². The second kappa shape index (κ2) is 11.4. The van der Waals surface area contributed by atoms with E-state index in [2.05, 4.69) is 29.3 Å². The molecule has 1 aromatic carbocycles. The summed E-state index contributed by atoms with van der Waals surface area (Å²) < 4.78 is 26.2. The van der Waals surface area contributed by atoms with Gasteiger partial charge < -0.3 is 14.6 Å². The van der Waals surface area contributed by atoms with Gasteiger partial charge in [-0.3, -0.25) is 4.79 Å². The van der Waals surface area contributed by atoms with Crippen LogP contribution in [-0.2, 0) is 14.3 Å². The zero-order valence-corrected chi connectivity index (χ0v) is 20.8. The lowest BCUT2D eigenvalue weighted by Crippen LogP contribution is -2.28. The quantitative estimate of drug-likeness (QED) is 0.486. The molecular weight excluding hydrogens is 449 g/mol. The first-order valence-corrected chi connectivity index (χ1v) is 12.7. The Labute approximate surface area is 206 Å². The van der Waals surface area contributed by atoms with Crippen molar-refractivity contribution in [3.8, 4) is 0 Å². The molecule has 8 heteroatoms. The fourth-order valence-electron chi connectivity index (χ4n) is 4.84. The Morgan fingerprint density at radius 1 is 1.17 bits per heavy atom. The van der Waals surface area contributed by atoms with Gasteiger partial charge in [-0.2, -0.15) is 9.90 Å². The normalized spacial score (nSPS) is 28.8. The fourth-order valence-corrected chi connectivity index (χ4v) is 4.84. The Hall–Kier alpha value is -2.58. The monoisotopic (exact) mass is 485 g/mol. The molecule has 4 rings (SSSR count). The fraction of sp³-hybridized carbons (Fsp3) is 0.593. The standard InChI is InChI=1S/C27H36FN3O4/c1-17-5-4-6-18(2)27(35-25(33)16-22(32)8-7-17)19(3)13-20-14-23(28)26-24(15-20)29-31(30-26)21-9-11-34-12-10-21/h4,6,13-15,17-18,21-22,27,32H,5,7-12,16H2,1-3H3/b6-4+,19-13+/t17-,18-,22+,27-/m0/s1. The van der Waals surface area contributed by atoms with Crippen LogP contribution in [0.2, 0.25) is 0 Å². The molecule has 2 aromatic rings. The van der Waals surface area contributed by atoms with Crippen LogP contribution in [0.5, 0.6) is 0 Å². The Bertz CT molecular complexity index is 1090. The van der Waals surface area contributed by atoms with Crippen LogP contribution in [0.4, 0.5) is 4.39 Å². The molecular formula is C27H36FN3O4. The summed E-state index contributed by atoms with van der Waals surface area (Å²) in [6, 6.07) is 3.36. The number of cyclic esters (lactones) is 1. The molecule has 4 atom stereocenters. The van der Waals surface area contributed by atoms with Crippen LogP contribution >= 0.6 is 0 Å². The van der Waals surface area contributed by atoms with Gasteiger partial charge in [0.1, 0.15) is 17.1 Å². The van der Waals surface area contributed by atoms with Crippen LogP contribution in [0, 0.1) is 17.7 Å². The number of hydrogen-bond donors (Lipinski definition) is 1. The van der Waals surface area contributed by atoms with Crippen molar-refractivity contribution in [1.29, 1.82) is 0 Å². The minimum atomic E-state index is -0.705. The lowest BCUT2D eigenvalue weighted by atomic mass is 9.93. The molecule has 2 aliphatic rings. The lowest BCUT2D eigenvalue weighted by molar-refractivity contribution is -0.151. The van der Waals surface area contributed by atoms with Crippen molar-refractivity contribution in [3.05, 3.63) is 41.2 Å². The van der Waals surface area contributed by atoms with E-state index in [0.717, 1.165) is 31.3 Å². The molecule has 0 bridgehead atoms. The summed E-state index contributed by atoms with van der Waals surface area (Å²) in [5, 5.41) is 19.2. The number of rotatable bonds is 3. The van der Waals surface area contributed by atoms with Gasteiger partial charge in [0.05, 0.1) is 18.6 Å². The number of fused-ring (bicyclic) bond motifs is 1. The third kappa shape index (κ3) is 6.55. The lowest BCUT2D eigenvalue weighted by Gasteiger charge is -2.25. The highest BCUT2D eigenvalue weighted by molar-refractivity contribution is 5.78. The maximum absolute atomic E-state index is 14.9. The van der Waals surface area contributed by atoms with Crippen LogP contribution in [0.3, 0.4) is 0 Å². The highest BCUT2D eigenvalue weighted by atomic mass is 19.1. The molecule has 1 aromatic heterocycles. The number of halogens is 1. The molecule has 1 fully saturated rings. The number of benzene rings is 1. The molecule has 0 aliphatic carbocycles. The minimum absolute atomic E-state index is 0.0250. The largest absolute Gasteiger partial charge is 0.457 e. The van der Waals surface area contributed by atoms with Gasteiger partial charge in [-0.05, 0) is 68.2 Å². The van der Waals surface area contributed by atoms with Gasteiger partial charge in [-0.25, -0.2) is 4.39 Å². The van der Waals surface area contributed by atoms with Crippen molar-refractivity contribution in [2.75, 3.05) is 13.2 Å². The van der Waals surface area contributed by atoms with Gasteiger partial charge in [0.25, 0.3) is 0 Å². The number of esters is 1. The Morgan fingerprint density at radius 2 is 1.94 bits per heavy atom. The number of aliphatic hydroxyl groups excluding tert-OH is 1. The second-order valence-corrected chi connectivity index (χ2v) is 10.1. The van der Waals surface area contributed by atoms with Gasteiger partial charge in [-0.15, -0.1) is 5.10 Å². The highest BCUT2D eigenvalue weighted by Crippen LogP contribution is 2.27. The molecule has 35 heavy (non-hydrogen) atoms. The van der Waals surface area contributed by atoms with Crippen LogP contribution in [0.25, 0.3) is 17.1 Å². The van der Waals surface area contributed by atoms with Gasteiger partial charge in [-0.1, -0.05) is 32.1 Å². The molecule has 0 amide bonds. The number of aromatic nitrogens is 3. The van der Waals surface area contributed by atoms with Crippen LogP contribution in [0.1, 0.15) is 70.9 Å². The molecule has 7 nitrogen and oxygen atoms in total. The zero-order chi connectivity index (χ0) is 24.9. The summed E-state index contributed by atoms with van der Waals surface area (Å²) in [4.78, 5) is 14.2. The summed E-state index contributed by atoms with van der Waals surface area (Å²) in [6.07, 6.45) is 8.75. The maximum atomic E-state index is 14.9. The predicted molar refractivity (Wildman–Crippen MR) is 132 cm³/mol. The number of carbonyl (C=O) groups is 1. The smallest absolute Gasteiger partial charge is 0.309 e. The molecule has 2 aliphatic heterocycles. The van der Waals surface area contributed by atoms with Crippen LogP contribution < -0.4 is 0 Å². The van der Waals surface area contributed by atoms with E-state index in [1.165, 1.54) is 6.07 Å². The number of hydrogen-bond acceptors (Lipinski definition) is 6. The molecule has 1 saturated heterocycles. The number of ether oxygens (including phenoxy) is 2. The van der Waals surface area contributed by atoms with Crippen molar-refractivity contribution < 1.29 is 23.8 Å². The van der Waals surface area contributed by atoms with E-state index in [9.17, 15) is 14.3 Å². The van der Waals surface area contributed by atoms with Gasteiger partial charge in [0, 0.05) is 19.1 Å². The molecule has 0 saturated carbocycles. The van der Waals surface area contributed by atoms with E-state index >= 15 is 0 Å². The minimum Gasteiger partial charge on any atom is -0.457 e. The predicted octanol–water partition coefficient (Wildman–Crippen LogP) is 5.00. The van der Waals surface area contributed by atoms with E-state index in [1.54, 1.807) is 4.80 Å². The number of allylic oxidation sites excluding steroid dienone is 1. The number of nitrogens with zero attached hydrogens (tertiary/aromatic N) is 3. The number of carbonyl (C=O) groups excluding carboxylic acids is 1. The Balaban J connectivity index is 1.60. The third-order valence-corrected chi connectivity index (χ3v) is 6.95. The van der Waals surface area contributed by atoms with Crippen molar-refractivity contribution in [2.24, 2.45) is 11.8 Å². The number of aliphatic hydroxyl groups is 1. The zero-order valence-electron chi connectivity index (χ0n) is 20.8. The Morgan fingerprint density at radius 3 is 2.71 bits per heavy atom. The molecule has 0 radical (unpaired) electrons. The first kappa shape index (κ1) is 25.5. The molecule has 0 spiro atoms. The molecule has 1 N–H and O–H groups in total. The average Bonchev–Trinajstić information content (AvgIpc) is 3.26. The molecule has 3 heterocycles. The Kier molecular flexibility index (Phi) is 8.34. The van der Waals surface area contributed by atoms with Gasteiger partial charge >= 0.3 is 5.97 Å². The summed E-state index contributed by atoms with van der Waals surface area (Å²) in [6.45, 7) is 7.34. The summed E-state index contributed by atoms with van der Waals surface area (Å²) in [5.74, 6) is -0.491. The maximum Gasteiger partial charge on any atom is 0.309 e. The van der Waals surface area contributed by atoms with Crippen molar-refractivity contribution in [1.82, 2.24) is 15.0 Å². The summed E-state index contributed by atoms with van der Waals surface area (Å²) >= 11 is 0. The summed E-state index contributed by atoms with van der Waals surface area (Å²) in [7, 11) is 0. The van der Waals surface area contributed by atoms with E-state index in [4.69, 9.17) is 9.47 Å². The highest BCUT2D eigenvalue weighted by Gasteiger charge is 2.25. The van der Waals surface area contributed by atoms with Crippen LogP contribution in [0.15, 0.2) is 29.9 Å². The summed E-state index contributed by atoms with van der Waals surface area (Å²) in [5.41, 5.74) is 2.18. The van der Waals surface area contributed by atoms with Crippen molar-refractivity contribution >= 4 is 23.1 Å².